The van der Waals surface area contributed by atoms with Crippen molar-refractivity contribution in [1.29, 1.82) is 0 Å². The number of nitrogens with zero attached hydrogens (tertiary/aromatic N) is 2. The molecule has 0 aliphatic carbocycles. The summed E-state index contributed by atoms with van der Waals surface area (Å²) in [5.41, 5.74) is -0.0293. The maximum atomic E-state index is 13.5. The van der Waals surface area contributed by atoms with Crippen LogP contribution in [0.3, 0.4) is 0 Å². The lowest BCUT2D eigenvalue weighted by atomic mass is 10.0. The Balaban J connectivity index is 1.84. The van der Waals surface area contributed by atoms with Gasteiger partial charge in [-0.15, -0.1) is 0 Å². The summed E-state index contributed by atoms with van der Waals surface area (Å²) in [7, 11) is 0. The monoisotopic (exact) mass is 439 g/mol. The number of carbonyl (C=O) groups excluding carboxylic acids is 2. The summed E-state index contributed by atoms with van der Waals surface area (Å²) in [6.07, 6.45) is -4.61. The topological polar surface area (TPSA) is 85.1 Å². The van der Waals surface area contributed by atoms with Crippen molar-refractivity contribution >= 4 is 28.5 Å². The summed E-state index contributed by atoms with van der Waals surface area (Å²) in [4.78, 5) is 28.9. The van der Waals surface area contributed by atoms with Gasteiger partial charge in [-0.2, -0.15) is 13.2 Å². The zero-order valence-electron chi connectivity index (χ0n) is 16.9. The summed E-state index contributed by atoms with van der Waals surface area (Å²) in [6.45, 7) is 3.00. The normalized spacial score (nSPS) is 11.5. The van der Waals surface area contributed by atoms with Crippen molar-refractivity contribution in [2.75, 3.05) is 5.32 Å². The van der Waals surface area contributed by atoms with Crippen LogP contribution < -0.4 is 5.32 Å². The number of hydrogen-bond acceptors (Lipinski definition) is 5. The Morgan fingerprint density at radius 2 is 1.78 bits per heavy atom. The van der Waals surface area contributed by atoms with E-state index in [0.29, 0.717) is 22.3 Å². The van der Waals surface area contributed by atoms with E-state index in [4.69, 9.17) is 4.52 Å². The quantitative estimate of drug-likeness (QED) is 0.414. The minimum Gasteiger partial charge on any atom is -0.335 e. The summed E-state index contributed by atoms with van der Waals surface area (Å²) in [5.74, 6) is -0.775. The number of fused-ring (bicyclic) bond motifs is 1. The van der Waals surface area contributed by atoms with Gasteiger partial charge < -0.3 is 9.84 Å². The molecule has 4 rings (SSSR count). The standard InChI is InChI=1S/C23H16F3N3O3/c1-12-20-17(21(31)27-15-7-5-6-14(10-15)13(2)30)11-19(28-22(20)32-29-12)16-8-3-4-9-18(16)23(24,25)26/h3-11H,1-2H3,(H,27,31). The molecular weight excluding hydrogens is 423 g/mol. The number of benzene rings is 2. The highest BCUT2D eigenvalue weighted by Crippen LogP contribution is 2.37. The van der Waals surface area contributed by atoms with Crippen LogP contribution in [0.25, 0.3) is 22.4 Å². The molecule has 0 saturated carbocycles. The summed E-state index contributed by atoms with van der Waals surface area (Å²) in [6, 6.07) is 12.6. The number of ketones is 1. The average Bonchev–Trinajstić information content (AvgIpc) is 3.13. The SMILES string of the molecule is CC(=O)c1cccc(NC(=O)c2cc(-c3ccccc3C(F)(F)F)nc3onc(C)c23)c1. The van der Waals surface area contributed by atoms with E-state index in [9.17, 15) is 22.8 Å². The molecule has 1 amide bonds. The minimum atomic E-state index is -4.61. The highest BCUT2D eigenvalue weighted by molar-refractivity contribution is 6.13. The fraction of sp³-hybridized carbons (Fsp3) is 0.130. The lowest BCUT2D eigenvalue weighted by Crippen LogP contribution is -2.14. The van der Waals surface area contributed by atoms with Crippen LogP contribution in [0.2, 0.25) is 0 Å². The number of rotatable bonds is 4. The second-order valence-corrected chi connectivity index (χ2v) is 7.14. The van der Waals surface area contributed by atoms with Crippen LogP contribution in [0, 0.1) is 6.92 Å². The van der Waals surface area contributed by atoms with Crippen LogP contribution in [0.15, 0.2) is 59.1 Å². The predicted molar refractivity (Wildman–Crippen MR) is 111 cm³/mol. The molecule has 9 heteroatoms. The zero-order valence-corrected chi connectivity index (χ0v) is 16.9. The Hall–Kier alpha value is -4.01. The van der Waals surface area contributed by atoms with Crippen molar-refractivity contribution in [3.63, 3.8) is 0 Å². The predicted octanol–water partition coefficient (Wildman–Crippen LogP) is 5.67. The van der Waals surface area contributed by atoms with Crippen LogP contribution in [0.1, 0.15) is 38.9 Å². The smallest absolute Gasteiger partial charge is 0.335 e. The molecule has 0 atom stereocenters. The molecule has 2 aromatic carbocycles. The molecule has 0 aliphatic rings. The first-order chi connectivity index (χ1) is 15.1. The molecule has 0 bridgehead atoms. The lowest BCUT2D eigenvalue weighted by Gasteiger charge is -2.13. The van der Waals surface area contributed by atoms with Gasteiger partial charge >= 0.3 is 6.18 Å². The third-order valence-corrected chi connectivity index (χ3v) is 4.90. The minimum absolute atomic E-state index is 0.0500. The molecule has 0 radical (unpaired) electrons. The number of hydrogen-bond donors (Lipinski definition) is 1. The Bertz CT molecular complexity index is 1360. The first kappa shape index (κ1) is 21.2. The van der Waals surface area contributed by atoms with Crippen molar-refractivity contribution in [2.45, 2.75) is 20.0 Å². The van der Waals surface area contributed by atoms with Crippen LogP contribution >= 0.6 is 0 Å². The van der Waals surface area contributed by atoms with E-state index < -0.39 is 17.6 Å². The molecule has 2 heterocycles. The van der Waals surface area contributed by atoms with Gasteiger partial charge in [-0.3, -0.25) is 9.59 Å². The van der Waals surface area contributed by atoms with Crippen molar-refractivity contribution in [2.24, 2.45) is 0 Å². The van der Waals surface area contributed by atoms with Gasteiger partial charge in [-0.05, 0) is 38.1 Å². The molecule has 2 aromatic heterocycles. The molecule has 6 nitrogen and oxygen atoms in total. The number of halogens is 3. The van der Waals surface area contributed by atoms with Gasteiger partial charge in [0.05, 0.1) is 27.9 Å². The van der Waals surface area contributed by atoms with Gasteiger partial charge in [0.25, 0.3) is 11.6 Å². The molecular formula is C23H16F3N3O3. The molecule has 32 heavy (non-hydrogen) atoms. The van der Waals surface area contributed by atoms with Gasteiger partial charge in [-0.1, -0.05) is 35.5 Å². The largest absolute Gasteiger partial charge is 0.417 e. The number of alkyl halides is 3. The van der Waals surface area contributed by atoms with Gasteiger partial charge in [0.15, 0.2) is 5.78 Å². The maximum Gasteiger partial charge on any atom is 0.417 e. The van der Waals surface area contributed by atoms with E-state index in [0.717, 1.165) is 6.07 Å². The Morgan fingerprint density at radius 3 is 2.50 bits per heavy atom. The number of carbonyl (C=O) groups is 2. The molecule has 1 N–H and O–H groups in total. The summed E-state index contributed by atoms with van der Waals surface area (Å²) < 4.78 is 45.8. The molecule has 0 unspecified atom stereocenters. The van der Waals surface area contributed by atoms with Crippen LogP contribution in [0.4, 0.5) is 18.9 Å². The first-order valence-electron chi connectivity index (χ1n) is 9.51. The van der Waals surface area contributed by atoms with Crippen molar-refractivity contribution in [1.82, 2.24) is 10.1 Å². The maximum absolute atomic E-state index is 13.5. The fourth-order valence-electron chi connectivity index (χ4n) is 3.38. The van der Waals surface area contributed by atoms with Crippen LogP contribution in [0.5, 0.6) is 0 Å². The van der Waals surface area contributed by atoms with E-state index in [1.165, 1.54) is 37.3 Å². The Morgan fingerprint density at radius 1 is 1.03 bits per heavy atom. The third kappa shape index (κ3) is 3.96. The first-order valence-corrected chi connectivity index (χ1v) is 9.51. The number of nitrogens with one attached hydrogen (secondary N) is 1. The zero-order chi connectivity index (χ0) is 23.0. The summed E-state index contributed by atoms with van der Waals surface area (Å²) >= 11 is 0. The van der Waals surface area contributed by atoms with E-state index in [2.05, 4.69) is 15.5 Å². The second-order valence-electron chi connectivity index (χ2n) is 7.14. The van der Waals surface area contributed by atoms with E-state index >= 15 is 0 Å². The molecule has 0 spiro atoms. The number of Topliss-reactive ketones (excluding diaryl/α,β-unsaturated/α-hetero) is 1. The van der Waals surface area contributed by atoms with Gasteiger partial charge in [0.2, 0.25) is 0 Å². The summed E-state index contributed by atoms with van der Waals surface area (Å²) in [5, 5.41) is 6.77. The molecule has 0 aliphatic heterocycles. The van der Waals surface area contributed by atoms with Crippen molar-refractivity contribution < 1.29 is 27.3 Å². The van der Waals surface area contributed by atoms with Gasteiger partial charge in [0.1, 0.15) is 0 Å². The van der Waals surface area contributed by atoms with Crippen molar-refractivity contribution in [3.05, 3.63) is 77.0 Å². The fourth-order valence-corrected chi connectivity index (χ4v) is 3.38. The van der Waals surface area contributed by atoms with Gasteiger partial charge in [0, 0.05) is 16.8 Å². The number of pyridine rings is 1. The van der Waals surface area contributed by atoms with Gasteiger partial charge in [-0.25, -0.2) is 4.98 Å². The number of amides is 1. The highest BCUT2D eigenvalue weighted by atomic mass is 19.4. The van der Waals surface area contributed by atoms with E-state index in [1.54, 1.807) is 25.1 Å². The lowest BCUT2D eigenvalue weighted by molar-refractivity contribution is -0.137. The average molecular weight is 439 g/mol. The Labute approximate surface area is 180 Å². The third-order valence-electron chi connectivity index (χ3n) is 4.90. The van der Waals surface area contributed by atoms with Crippen LogP contribution in [-0.4, -0.2) is 21.8 Å². The second kappa shape index (κ2) is 7.92. The highest BCUT2D eigenvalue weighted by Gasteiger charge is 2.34. The molecule has 162 valence electrons. The molecule has 0 saturated heterocycles. The van der Waals surface area contributed by atoms with E-state index in [-0.39, 0.29) is 28.3 Å². The number of aryl methyl sites for hydroxylation is 1. The Kier molecular flexibility index (Phi) is 5.25. The molecule has 4 aromatic rings. The van der Waals surface area contributed by atoms with Crippen LogP contribution in [-0.2, 0) is 6.18 Å². The number of anilines is 1. The molecule has 0 fully saturated rings. The van der Waals surface area contributed by atoms with Crippen molar-refractivity contribution in [3.8, 4) is 11.3 Å². The van der Waals surface area contributed by atoms with E-state index in [1.807, 2.05) is 0 Å². The number of aromatic nitrogens is 2.